The number of pyridine rings is 1. The number of methoxy groups -OCH3 is 1. The first kappa shape index (κ1) is 25.0. The van der Waals surface area contributed by atoms with Crippen LogP contribution in [-0.2, 0) is 16.8 Å². The van der Waals surface area contributed by atoms with Crippen molar-refractivity contribution < 1.29 is 23.8 Å². The zero-order valence-corrected chi connectivity index (χ0v) is 19.6. The Bertz CT molecular complexity index is 1160. The van der Waals surface area contributed by atoms with Gasteiger partial charge in [0, 0.05) is 45.6 Å². The van der Waals surface area contributed by atoms with Crippen molar-refractivity contribution in [2.45, 2.75) is 24.9 Å². The minimum absolute atomic E-state index is 0. The largest absolute Gasteiger partial charge is 0.503 e. The minimum Gasteiger partial charge on any atom is -0.503 e. The fourth-order valence-electron chi connectivity index (χ4n) is 4.76. The van der Waals surface area contributed by atoms with Gasteiger partial charge in [0.2, 0.25) is 5.43 Å². The van der Waals surface area contributed by atoms with Gasteiger partial charge in [-0.1, -0.05) is 23.7 Å². The molecule has 0 bridgehead atoms. The second-order valence-corrected chi connectivity index (χ2v) is 8.86. The molecule has 4 rings (SSSR count). The summed E-state index contributed by atoms with van der Waals surface area (Å²) in [5, 5.41) is 13.0. The average Bonchev–Trinajstić information content (AvgIpc) is 2.73. The number of fused-ring (bicyclic) bond motifs is 2. The van der Waals surface area contributed by atoms with Crippen LogP contribution in [0.3, 0.4) is 0 Å². The molecule has 0 radical (unpaired) electrons. The number of aromatic hydroxyl groups is 1. The molecule has 1 aromatic heterocycles. The number of hydrogen-bond donors (Lipinski definition) is 2. The molecule has 1 spiro atoms. The van der Waals surface area contributed by atoms with Crippen molar-refractivity contribution >= 4 is 35.8 Å². The molecule has 1 aromatic carbocycles. The molecular weight excluding hydrogens is 476 g/mol. The molecule has 0 saturated heterocycles. The van der Waals surface area contributed by atoms with E-state index in [2.05, 4.69) is 5.32 Å². The molecule has 0 atom stereocenters. The summed E-state index contributed by atoms with van der Waals surface area (Å²) in [6.07, 6.45) is 2.67. The summed E-state index contributed by atoms with van der Waals surface area (Å²) < 4.78 is 20.9. The number of benzene rings is 1. The number of ether oxygens (including phenoxy) is 1. The van der Waals surface area contributed by atoms with Crippen LogP contribution in [0, 0.1) is 11.7 Å². The van der Waals surface area contributed by atoms with E-state index in [0.29, 0.717) is 26.0 Å². The summed E-state index contributed by atoms with van der Waals surface area (Å²) in [6.45, 7) is 0.742. The van der Waals surface area contributed by atoms with Gasteiger partial charge in [0.25, 0.3) is 11.8 Å². The smallest absolute Gasteiger partial charge is 0.274 e. The lowest BCUT2D eigenvalue weighted by atomic mass is 9.67. The Labute approximate surface area is 200 Å². The van der Waals surface area contributed by atoms with E-state index in [4.69, 9.17) is 16.3 Å². The van der Waals surface area contributed by atoms with Crippen molar-refractivity contribution in [1.29, 1.82) is 0 Å². The van der Waals surface area contributed by atoms with Crippen LogP contribution in [0.4, 0.5) is 4.39 Å². The van der Waals surface area contributed by atoms with E-state index in [1.54, 1.807) is 24.8 Å². The van der Waals surface area contributed by atoms with Gasteiger partial charge < -0.3 is 24.6 Å². The van der Waals surface area contributed by atoms with Crippen LogP contribution in [-0.4, -0.2) is 53.7 Å². The highest BCUT2D eigenvalue weighted by molar-refractivity contribution is 6.30. The highest BCUT2D eigenvalue weighted by Crippen LogP contribution is 2.48. The fraction of sp³-hybridized carbons (Fsp3) is 0.409. The van der Waals surface area contributed by atoms with E-state index >= 15 is 0 Å². The Hall–Kier alpha value is -2.62. The molecule has 11 heteroatoms. The predicted molar refractivity (Wildman–Crippen MR) is 122 cm³/mol. The predicted octanol–water partition coefficient (Wildman–Crippen LogP) is 2.54. The highest BCUT2D eigenvalue weighted by Gasteiger charge is 2.51. The van der Waals surface area contributed by atoms with Crippen molar-refractivity contribution in [1.82, 2.24) is 14.8 Å². The van der Waals surface area contributed by atoms with Crippen LogP contribution in [0.5, 0.6) is 5.75 Å². The number of aromatic nitrogens is 1. The maximum absolute atomic E-state index is 14.1. The lowest BCUT2D eigenvalue weighted by molar-refractivity contribution is -0.0190. The quantitative estimate of drug-likeness (QED) is 0.658. The third kappa shape index (κ3) is 4.20. The number of nitrogens with zero attached hydrogens (tertiary/aromatic N) is 2. The SMILES string of the molecule is COCC1CC2(C1)CN(C)C(=O)c1c(O)c(=O)c(C(=O)NCc3cccc(Cl)c3F)cn12.Cl. The van der Waals surface area contributed by atoms with Gasteiger partial charge >= 0.3 is 0 Å². The van der Waals surface area contributed by atoms with Gasteiger partial charge in [0.05, 0.1) is 10.6 Å². The van der Waals surface area contributed by atoms with Crippen molar-refractivity contribution in [3.63, 3.8) is 0 Å². The summed E-state index contributed by atoms with van der Waals surface area (Å²) in [6, 6.07) is 4.40. The second kappa shape index (κ2) is 9.32. The molecule has 2 heterocycles. The molecule has 0 unspecified atom stereocenters. The van der Waals surface area contributed by atoms with Crippen LogP contribution in [0.15, 0.2) is 29.2 Å². The molecule has 1 aliphatic heterocycles. The zero-order valence-electron chi connectivity index (χ0n) is 18.1. The van der Waals surface area contributed by atoms with Crippen LogP contribution >= 0.6 is 24.0 Å². The first-order valence-electron chi connectivity index (χ1n) is 10.1. The molecule has 1 fully saturated rings. The molecule has 2 N–H and O–H groups in total. The fourth-order valence-corrected chi connectivity index (χ4v) is 4.96. The number of hydrogen-bond acceptors (Lipinski definition) is 5. The Morgan fingerprint density at radius 1 is 1.36 bits per heavy atom. The van der Waals surface area contributed by atoms with Crippen LogP contribution < -0.4 is 10.7 Å². The minimum atomic E-state index is -0.952. The summed E-state index contributed by atoms with van der Waals surface area (Å²) in [7, 11) is 3.23. The lowest BCUT2D eigenvalue weighted by Gasteiger charge is -2.54. The number of carbonyl (C=O) groups is 2. The van der Waals surface area contributed by atoms with Gasteiger partial charge in [-0.25, -0.2) is 4.39 Å². The van der Waals surface area contributed by atoms with Gasteiger partial charge in [-0.15, -0.1) is 12.4 Å². The zero-order chi connectivity index (χ0) is 23.2. The summed E-state index contributed by atoms with van der Waals surface area (Å²) in [4.78, 5) is 39.7. The van der Waals surface area contributed by atoms with E-state index in [1.165, 1.54) is 23.2 Å². The molecule has 33 heavy (non-hydrogen) atoms. The van der Waals surface area contributed by atoms with Crippen LogP contribution in [0.25, 0.3) is 0 Å². The van der Waals surface area contributed by atoms with Gasteiger partial charge in [0.1, 0.15) is 11.4 Å². The third-order valence-corrected chi connectivity index (χ3v) is 6.52. The maximum Gasteiger partial charge on any atom is 0.274 e. The monoisotopic (exact) mass is 499 g/mol. The highest BCUT2D eigenvalue weighted by atomic mass is 35.5. The molecule has 2 aliphatic rings. The van der Waals surface area contributed by atoms with Gasteiger partial charge in [0.15, 0.2) is 11.4 Å². The molecule has 2 amide bonds. The van der Waals surface area contributed by atoms with Crippen molar-refractivity contribution in [3.05, 3.63) is 62.3 Å². The van der Waals surface area contributed by atoms with Crippen molar-refractivity contribution in [2.75, 3.05) is 27.3 Å². The molecule has 2 aromatic rings. The first-order valence-corrected chi connectivity index (χ1v) is 10.5. The van der Waals surface area contributed by atoms with Gasteiger partial charge in [-0.2, -0.15) is 0 Å². The topological polar surface area (TPSA) is 101 Å². The Balaban J connectivity index is 0.00000306. The summed E-state index contributed by atoms with van der Waals surface area (Å²) in [5.74, 6) is -2.44. The van der Waals surface area contributed by atoms with Crippen LogP contribution in [0.1, 0.15) is 39.3 Å². The maximum atomic E-state index is 14.1. The van der Waals surface area contributed by atoms with E-state index in [-0.39, 0.29) is 46.7 Å². The van der Waals surface area contributed by atoms with Gasteiger partial charge in [-0.05, 0) is 24.8 Å². The Morgan fingerprint density at radius 2 is 2.06 bits per heavy atom. The molecule has 1 aliphatic carbocycles. The number of likely N-dealkylation sites (N-methyl/N-ethyl adjacent to an activating group) is 1. The van der Waals surface area contributed by atoms with E-state index < -0.39 is 34.3 Å². The number of amides is 2. The second-order valence-electron chi connectivity index (χ2n) is 8.45. The number of nitrogens with one attached hydrogen (secondary N) is 1. The standard InChI is InChI=1S/C22H23ClFN3O5.ClH/c1-26-11-22(6-12(7-22)10-32-2)27-9-14(18(28)19(29)17(27)21(26)31)20(30)25-8-13-4-3-5-15(23)16(13)24;/h3-5,9,12,29H,6-8,10-11H2,1-2H3,(H,25,30);1H. The van der Waals surface area contributed by atoms with Crippen molar-refractivity contribution in [3.8, 4) is 5.75 Å². The number of rotatable bonds is 5. The average molecular weight is 500 g/mol. The van der Waals surface area contributed by atoms with Crippen LogP contribution in [0.2, 0.25) is 5.02 Å². The lowest BCUT2D eigenvalue weighted by Crippen LogP contribution is -2.60. The first-order chi connectivity index (χ1) is 15.2. The van der Waals surface area contributed by atoms with Crippen molar-refractivity contribution in [2.24, 2.45) is 5.92 Å². The summed E-state index contributed by atoms with van der Waals surface area (Å²) in [5.41, 5.74) is -1.78. The molecule has 178 valence electrons. The third-order valence-electron chi connectivity index (χ3n) is 6.23. The van der Waals surface area contributed by atoms with E-state index in [1.807, 2.05) is 0 Å². The Morgan fingerprint density at radius 3 is 2.73 bits per heavy atom. The number of carbonyl (C=O) groups excluding carboxylic acids is 2. The molecular formula is C22H24Cl2FN3O5. The molecule has 1 saturated carbocycles. The van der Waals surface area contributed by atoms with E-state index in [0.717, 1.165) is 0 Å². The normalized spacial score (nSPS) is 21.3. The number of halogens is 3. The Kier molecular flexibility index (Phi) is 7.07. The summed E-state index contributed by atoms with van der Waals surface area (Å²) >= 11 is 5.77. The molecule has 8 nitrogen and oxygen atoms in total. The van der Waals surface area contributed by atoms with E-state index in [9.17, 15) is 23.9 Å². The van der Waals surface area contributed by atoms with Gasteiger partial charge in [-0.3, -0.25) is 14.4 Å².